The number of hydrogen-bond donors (Lipinski definition) is 2. The third-order valence-corrected chi connectivity index (χ3v) is 3.74. The van der Waals surface area contributed by atoms with E-state index < -0.39 is 5.91 Å². The van der Waals surface area contributed by atoms with Gasteiger partial charge in [0.05, 0.1) is 5.56 Å². The zero-order valence-corrected chi connectivity index (χ0v) is 11.7. The molecule has 0 aliphatic rings. The topological polar surface area (TPSA) is 85.2 Å². The Balaban J connectivity index is 2.64. The van der Waals surface area contributed by atoms with Crippen molar-refractivity contribution < 1.29 is 4.79 Å². The van der Waals surface area contributed by atoms with Gasteiger partial charge in [0.25, 0.3) is 0 Å². The minimum absolute atomic E-state index is 0.317. The summed E-state index contributed by atoms with van der Waals surface area (Å²) in [4.78, 5) is 18.4. The fourth-order valence-corrected chi connectivity index (χ4v) is 2.60. The number of hydrogen-bond acceptors (Lipinski definition) is 5. The fourth-order valence-electron chi connectivity index (χ4n) is 1.59. The summed E-state index contributed by atoms with van der Waals surface area (Å²) in [5.41, 5.74) is 11.3. The smallest absolute Gasteiger partial charge is 0.250 e. The zero-order valence-electron chi connectivity index (χ0n) is 10.8. The van der Waals surface area contributed by atoms with E-state index in [1.165, 1.54) is 6.07 Å². The standard InChI is InChI=1S/C12H20N4OS/c1-3-16(4-2)5-6-18-10-8-15-11(13)7-9(10)12(14)17/h7-8H,3-6H2,1-2H3,(H2,13,15)(H2,14,17). The molecule has 1 heterocycles. The van der Waals surface area contributed by atoms with Crippen molar-refractivity contribution in [2.24, 2.45) is 5.73 Å². The number of amides is 1. The number of pyridine rings is 1. The van der Waals surface area contributed by atoms with Crippen molar-refractivity contribution in [1.82, 2.24) is 9.88 Å². The summed E-state index contributed by atoms with van der Waals surface area (Å²) in [5.74, 6) is 0.749. The molecular formula is C12H20N4OS. The lowest BCUT2D eigenvalue weighted by Gasteiger charge is -2.17. The Morgan fingerprint density at radius 3 is 2.67 bits per heavy atom. The summed E-state index contributed by atoms with van der Waals surface area (Å²) >= 11 is 1.58. The monoisotopic (exact) mass is 268 g/mol. The Hall–Kier alpha value is -1.27. The number of carbonyl (C=O) groups excluding carboxylic acids is 1. The number of primary amides is 1. The minimum Gasteiger partial charge on any atom is -0.384 e. The second-order valence-electron chi connectivity index (χ2n) is 3.84. The molecule has 0 aliphatic carbocycles. The van der Waals surface area contributed by atoms with E-state index in [1.807, 2.05) is 0 Å². The van der Waals surface area contributed by atoms with Crippen molar-refractivity contribution in [2.75, 3.05) is 31.1 Å². The highest BCUT2D eigenvalue weighted by molar-refractivity contribution is 7.99. The molecule has 0 saturated carbocycles. The number of nitrogens with zero attached hydrogens (tertiary/aromatic N) is 2. The molecule has 1 aromatic rings. The third kappa shape index (κ3) is 4.19. The molecule has 1 rings (SSSR count). The molecule has 0 unspecified atom stereocenters. The molecule has 1 aromatic heterocycles. The summed E-state index contributed by atoms with van der Waals surface area (Å²) in [7, 11) is 0. The Morgan fingerprint density at radius 2 is 2.11 bits per heavy atom. The molecule has 0 fully saturated rings. The summed E-state index contributed by atoms with van der Waals surface area (Å²) in [6.45, 7) is 7.29. The quantitative estimate of drug-likeness (QED) is 0.726. The largest absolute Gasteiger partial charge is 0.384 e. The molecule has 100 valence electrons. The molecule has 5 nitrogen and oxygen atoms in total. The van der Waals surface area contributed by atoms with Gasteiger partial charge in [0.2, 0.25) is 5.91 Å². The van der Waals surface area contributed by atoms with Gasteiger partial charge >= 0.3 is 0 Å². The average molecular weight is 268 g/mol. The summed E-state index contributed by atoms with van der Waals surface area (Å²) in [6, 6.07) is 1.53. The number of thioether (sulfide) groups is 1. The molecule has 0 aliphatic heterocycles. The first-order chi connectivity index (χ1) is 8.58. The van der Waals surface area contributed by atoms with Gasteiger partial charge in [-0.3, -0.25) is 4.79 Å². The molecular weight excluding hydrogens is 248 g/mol. The molecule has 0 saturated heterocycles. The predicted molar refractivity (Wildman–Crippen MR) is 75.7 cm³/mol. The van der Waals surface area contributed by atoms with Crippen LogP contribution in [0.4, 0.5) is 5.82 Å². The van der Waals surface area contributed by atoms with Gasteiger partial charge in [-0.15, -0.1) is 11.8 Å². The van der Waals surface area contributed by atoms with E-state index in [9.17, 15) is 4.79 Å². The van der Waals surface area contributed by atoms with Gasteiger partial charge in [-0.1, -0.05) is 13.8 Å². The highest BCUT2D eigenvalue weighted by atomic mass is 32.2. The number of carbonyl (C=O) groups is 1. The van der Waals surface area contributed by atoms with E-state index in [2.05, 4.69) is 23.7 Å². The van der Waals surface area contributed by atoms with Crippen LogP contribution in [0.3, 0.4) is 0 Å². The second-order valence-corrected chi connectivity index (χ2v) is 4.98. The van der Waals surface area contributed by atoms with Gasteiger partial charge in [-0.25, -0.2) is 4.98 Å². The van der Waals surface area contributed by atoms with E-state index in [4.69, 9.17) is 11.5 Å². The third-order valence-electron chi connectivity index (χ3n) is 2.71. The van der Waals surface area contributed by atoms with Crippen LogP contribution in [0.15, 0.2) is 17.2 Å². The lowest BCUT2D eigenvalue weighted by Crippen LogP contribution is -2.25. The summed E-state index contributed by atoms with van der Waals surface area (Å²) in [5, 5.41) is 0. The van der Waals surface area contributed by atoms with E-state index in [-0.39, 0.29) is 0 Å². The van der Waals surface area contributed by atoms with Crippen LogP contribution in [-0.2, 0) is 0 Å². The van der Waals surface area contributed by atoms with Crippen molar-refractivity contribution in [3.8, 4) is 0 Å². The predicted octanol–water partition coefficient (Wildman–Crippen LogP) is 1.20. The fraction of sp³-hybridized carbons (Fsp3) is 0.500. The number of nitrogen functional groups attached to an aromatic ring is 1. The second kappa shape index (κ2) is 7.23. The van der Waals surface area contributed by atoms with Gasteiger partial charge in [-0.05, 0) is 19.2 Å². The lowest BCUT2D eigenvalue weighted by molar-refractivity contribution is 0.0997. The van der Waals surface area contributed by atoms with Crippen molar-refractivity contribution in [3.05, 3.63) is 17.8 Å². The van der Waals surface area contributed by atoms with Crippen LogP contribution >= 0.6 is 11.8 Å². The van der Waals surface area contributed by atoms with Crippen molar-refractivity contribution >= 4 is 23.5 Å². The Bertz CT molecular complexity index is 407. The molecule has 0 spiro atoms. The van der Waals surface area contributed by atoms with E-state index in [0.29, 0.717) is 11.4 Å². The molecule has 4 N–H and O–H groups in total. The summed E-state index contributed by atoms with van der Waals surface area (Å²) < 4.78 is 0. The maximum absolute atomic E-state index is 11.3. The molecule has 1 amide bonds. The maximum Gasteiger partial charge on any atom is 0.250 e. The van der Waals surface area contributed by atoms with Gasteiger partial charge in [-0.2, -0.15) is 0 Å². The van der Waals surface area contributed by atoms with Gasteiger partial charge < -0.3 is 16.4 Å². The number of rotatable bonds is 7. The van der Waals surface area contributed by atoms with Crippen LogP contribution in [0.5, 0.6) is 0 Å². The zero-order chi connectivity index (χ0) is 13.5. The van der Waals surface area contributed by atoms with Crippen LogP contribution in [0.2, 0.25) is 0 Å². The maximum atomic E-state index is 11.3. The highest BCUT2D eigenvalue weighted by Crippen LogP contribution is 2.23. The van der Waals surface area contributed by atoms with Crippen molar-refractivity contribution in [1.29, 1.82) is 0 Å². The number of nitrogens with two attached hydrogens (primary N) is 2. The molecule has 6 heteroatoms. The van der Waals surface area contributed by atoms with Crippen molar-refractivity contribution in [2.45, 2.75) is 18.7 Å². The van der Waals surface area contributed by atoms with Crippen LogP contribution in [0, 0.1) is 0 Å². The molecule has 0 aromatic carbocycles. The first-order valence-electron chi connectivity index (χ1n) is 5.99. The minimum atomic E-state index is -0.463. The molecule has 0 radical (unpaired) electrons. The Morgan fingerprint density at radius 1 is 1.44 bits per heavy atom. The van der Waals surface area contributed by atoms with Gasteiger partial charge in [0.15, 0.2) is 0 Å². The lowest BCUT2D eigenvalue weighted by atomic mass is 10.2. The Labute approximate surface area is 112 Å². The van der Waals surface area contributed by atoms with Crippen LogP contribution in [-0.4, -0.2) is 41.2 Å². The molecule has 0 bridgehead atoms. The van der Waals surface area contributed by atoms with E-state index in [0.717, 1.165) is 30.3 Å². The van der Waals surface area contributed by atoms with Gasteiger partial charge in [0.1, 0.15) is 5.82 Å². The summed E-state index contributed by atoms with van der Waals surface area (Å²) in [6.07, 6.45) is 1.61. The van der Waals surface area contributed by atoms with E-state index >= 15 is 0 Å². The van der Waals surface area contributed by atoms with Crippen molar-refractivity contribution in [3.63, 3.8) is 0 Å². The first-order valence-corrected chi connectivity index (χ1v) is 6.97. The van der Waals surface area contributed by atoms with Crippen LogP contribution in [0.1, 0.15) is 24.2 Å². The SMILES string of the molecule is CCN(CC)CCSc1cnc(N)cc1C(N)=O. The number of aromatic nitrogens is 1. The molecule has 0 atom stereocenters. The molecule has 18 heavy (non-hydrogen) atoms. The highest BCUT2D eigenvalue weighted by Gasteiger charge is 2.10. The first kappa shape index (κ1) is 14.8. The van der Waals surface area contributed by atoms with Crippen LogP contribution < -0.4 is 11.5 Å². The normalized spacial score (nSPS) is 10.8. The average Bonchev–Trinajstić information content (AvgIpc) is 2.36. The number of anilines is 1. The Kier molecular flexibility index (Phi) is 5.94. The van der Waals surface area contributed by atoms with Crippen LogP contribution in [0.25, 0.3) is 0 Å². The van der Waals surface area contributed by atoms with E-state index in [1.54, 1.807) is 18.0 Å². The van der Waals surface area contributed by atoms with Gasteiger partial charge in [0, 0.05) is 23.4 Å².